The molecule has 2 saturated heterocycles. The van der Waals surface area contributed by atoms with Gasteiger partial charge < -0.3 is 10.2 Å². The van der Waals surface area contributed by atoms with Gasteiger partial charge in [-0.15, -0.1) is 0 Å². The van der Waals surface area contributed by atoms with E-state index in [0.717, 1.165) is 44.9 Å². The Morgan fingerprint density at radius 1 is 1.41 bits per heavy atom. The molecule has 1 N–H and O–H groups in total. The van der Waals surface area contributed by atoms with Gasteiger partial charge in [0.1, 0.15) is 0 Å². The molecule has 3 nitrogen and oxygen atoms in total. The maximum atomic E-state index is 12.6. The van der Waals surface area contributed by atoms with Crippen molar-refractivity contribution >= 4 is 5.91 Å². The highest BCUT2D eigenvalue weighted by Crippen LogP contribution is 2.33. The number of carbonyl (C=O) groups excluding carboxylic acids is 1. The van der Waals surface area contributed by atoms with E-state index in [4.69, 9.17) is 0 Å². The third-order valence-corrected chi connectivity index (χ3v) is 4.49. The van der Waals surface area contributed by atoms with Gasteiger partial charge >= 0.3 is 0 Å². The number of hydrogen-bond donors (Lipinski definition) is 1. The van der Waals surface area contributed by atoms with Crippen molar-refractivity contribution in [2.45, 2.75) is 46.0 Å². The van der Waals surface area contributed by atoms with Crippen molar-refractivity contribution in [2.75, 3.05) is 26.2 Å². The number of carbonyl (C=O) groups is 1. The van der Waals surface area contributed by atoms with E-state index in [1.54, 1.807) is 0 Å². The minimum atomic E-state index is -0.0909. The Balaban J connectivity index is 1.91. The molecule has 17 heavy (non-hydrogen) atoms. The van der Waals surface area contributed by atoms with Crippen LogP contribution in [0.4, 0.5) is 0 Å². The van der Waals surface area contributed by atoms with Gasteiger partial charge in [-0.3, -0.25) is 4.79 Å². The molecule has 0 bridgehead atoms. The number of nitrogens with zero attached hydrogens (tertiary/aromatic N) is 1. The van der Waals surface area contributed by atoms with Crippen LogP contribution in [0.15, 0.2) is 0 Å². The molecular formula is C14H26N2O. The fourth-order valence-corrected chi connectivity index (χ4v) is 3.24. The van der Waals surface area contributed by atoms with E-state index in [-0.39, 0.29) is 5.41 Å². The normalized spacial score (nSPS) is 28.4. The van der Waals surface area contributed by atoms with Gasteiger partial charge in [0.25, 0.3) is 0 Å². The molecule has 0 aromatic carbocycles. The fourth-order valence-electron chi connectivity index (χ4n) is 3.24. The van der Waals surface area contributed by atoms with Gasteiger partial charge in [0.05, 0.1) is 0 Å². The van der Waals surface area contributed by atoms with Crippen LogP contribution in [0.3, 0.4) is 0 Å². The van der Waals surface area contributed by atoms with Gasteiger partial charge in [0, 0.05) is 18.5 Å². The van der Waals surface area contributed by atoms with Crippen LogP contribution >= 0.6 is 0 Å². The van der Waals surface area contributed by atoms with Gasteiger partial charge in [-0.2, -0.15) is 0 Å². The lowest BCUT2D eigenvalue weighted by molar-refractivity contribution is -0.141. The summed E-state index contributed by atoms with van der Waals surface area (Å²) in [5.41, 5.74) is -0.0909. The average Bonchev–Trinajstić information content (AvgIpc) is 2.78. The molecule has 1 atom stereocenters. The van der Waals surface area contributed by atoms with Crippen molar-refractivity contribution < 1.29 is 4.79 Å². The largest absolute Gasteiger partial charge is 0.342 e. The third-order valence-electron chi connectivity index (χ3n) is 4.49. The molecular weight excluding hydrogens is 212 g/mol. The smallest absolute Gasteiger partial charge is 0.228 e. The van der Waals surface area contributed by atoms with Crippen molar-refractivity contribution in [2.24, 2.45) is 11.3 Å². The summed E-state index contributed by atoms with van der Waals surface area (Å²) in [6, 6.07) is 0. The highest BCUT2D eigenvalue weighted by Gasteiger charge is 2.39. The standard InChI is InChI=1S/C14H26N2O/c1-3-4-12-5-10-16(11-12)13(17)14(2)6-8-15-9-7-14/h12,15H,3-11H2,1-2H3. The molecule has 0 aromatic rings. The molecule has 0 aromatic heterocycles. The van der Waals surface area contributed by atoms with Gasteiger partial charge in [-0.1, -0.05) is 20.3 Å². The van der Waals surface area contributed by atoms with E-state index in [2.05, 4.69) is 24.1 Å². The van der Waals surface area contributed by atoms with E-state index >= 15 is 0 Å². The lowest BCUT2D eigenvalue weighted by Crippen LogP contribution is -2.47. The second kappa shape index (κ2) is 5.38. The first-order chi connectivity index (χ1) is 8.15. The van der Waals surface area contributed by atoms with E-state index in [9.17, 15) is 4.79 Å². The van der Waals surface area contributed by atoms with Crippen LogP contribution in [-0.2, 0) is 4.79 Å². The minimum absolute atomic E-state index is 0.0909. The number of nitrogens with one attached hydrogen (secondary N) is 1. The molecule has 0 saturated carbocycles. The van der Waals surface area contributed by atoms with Crippen LogP contribution in [0.1, 0.15) is 46.0 Å². The van der Waals surface area contributed by atoms with Crippen LogP contribution in [0.5, 0.6) is 0 Å². The summed E-state index contributed by atoms with van der Waals surface area (Å²) in [7, 11) is 0. The Morgan fingerprint density at radius 2 is 2.12 bits per heavy atom. The van der Waals surface area contributed by atoms with Gasteiger partial charge in [0.2, 0.25) is 5.91 Å². The van der Waals surface area contributed by atoms with Crippen LogP contribution in [0.25, 0.3) is 0 Å². The zero-order chi connectivity index (χ0) is 12.3. The topological polar surface area (TPSA) is 32.3 Å². The van der Waals surface area contributed by atoms with Crippen LogP contribution in [0.2, 0.25) is 0 Å². The summed E-state index contributed by atoms with van der Waals surface area (Å²) in [6.45, 7) is 8.38. The number of piperidine rings is 1. The van der Waals surface area contributed by atoms with Gasteiger partial charge in [-0.05, 0) is 44.7 Å². The van der Waals surface area contributed by atoms with Gasteiger partial charge in [0.15, 0.2) is 0 Å². The molecule has 0 radical (unpaired) electrons. The molecule has 2 aliphatic rings. The Morgan fingerprint density at radius 3 is 2.76 bits per heavy atom. The highest BCUT2D eigenvalue weighted by molar-refractivity contribution is 5.82. The van der Waals surface area contributed by atoms with Crippen molar-refractivity contribution in [3.05, 3.63) is 0 Å². The van der Waals surface area contributed by atoms with E-state index < -0.39 is 0 Å². The fraction of sp³-hybridized carbons (Fsp3) is 0.929. The lowest BCUT2D eigenvalue weighted by Gasteiger charge is -2.36. The molecule has 2 heterocycles. The molecule has 1 unspecified atom stereocenters. The molecule has 0 spiro atoms. The zero-order valence-corrected chi connectivity index (χ0v) is 11.3. The summed E-state index contributed by atoms with van der Waals surface area (Å²) >= 11 is 0. The van der Waals surface area contributed by atoms with E-state index in [1.807, 2.05) is 0 Å². The molecule has 1 amide bonds. The quantitative estimate of drug-likeness (QED) is 0.816. The number of likely N-dealkylation sites (tertiary alicyclic amines) is 1. The molecule has 2 rings (SSSR count). The first-order valence-corrected chi connectivity index (χ1v) is 7.16. The number of hydrogen-bond acceptors (Lipinski definition) is 2. The second-order valence-electron chi connectivity index (χ2n) is 6.01. The number of rotatable bonds is 3. The molecule has 0 aliphatic carbocycles. The van der Waals surface area contributed by atoms with Crippen LogP contribution in [-0.4, -0.2) is 37.0 Å². The SMILES string of the molecule is CCCC1CCN(C(=O)C2(C)CCNCC2)C1. The molecule has 3 heteroatoms. The highest BCUT2D eigenvalue weighted by atomic mass is 16.2. The Kier molecular flexibility index (Phi) is 4.08. The Hall–Kier alpha value is -0.570. The van der Waals surface area contributed by atoms with Gasteiger partial charge in [-0.25, -0.2) is 0 Å². The maximum absolute atomic E-state index is 12.6. The average molecular weight is 238 g/mol. The number of amides is 1. The van der Waals surface area contributed by atoms with Crippen molar-refractivity contribution in [3.8, 4) is 0 Å². The van der Waals surface area contributed by atoms with E-state index in [0.29, 0.717) is 5.91 Å². The summed E-state index contributed by atoms with van der Waals surface area (Å²) in [6.07, 6.45) is 5.74. The first-order valence-electron chi connectivity index (χ1n) is 7.16. The second-order valence-corrected chi connectivity index (χ2v) is 6.01. The minimum Gasteiger partial charge on any atom is -0.342 e. The first kappa shape index (κ1) is 12.9. The Bertz CT molecular complexity index is 271. The summed E-state index contributed by atoms with van der Waals surface area (Å²) < 4.78 is 0. The Labute approximate surface area is 105 Å². The van der Waals surface area contributed by atoms with Crippen molar-refractivity contribution in [1.29, 1.82) is 0 Å². The van der Waals surface area contributed by atoms with Crippen LogP contribution in [0, 0.1) is 11.3 Å². The molecule has 2 aliphatic heterocycles. The van der Waals surface area contributed by atoms with Crippen molar-refractivity contribution in [1.82, 2.24) is 10.2 Å². The predicted molar refractivity (Wildman–Crippen MR) is 69.8 cm³/mol. The molecule has 98 valence electrons. The van der Waals surface area contributed by atoms with Crippen LogP contribution < -0.4 is 5.32 Å². The monoisotopic (exact) mass is 238 g/mol. The summed E-state index contributed by atoms with van der Waals surface area (Å²) in [5.74, 6) is 1.17. The molecule has 2 fully saturated rings. The summed E-state index contributed by atoms with van der Waals surface area (Å²) in [4.78, 5) is 14.7. The zero-order valence-electron chi connectivity index (χ0n) is 11.3. The predicted octanol–water partition coefficient (Wildman–Crippen LogP) is 2.02. The maximum Gasteiger partial charge on any atom is 0.228 e. The lowest BCUT2D eigenvalue weighted by atomic mass is 9.79. The van der Waals surface area contributed by atoms with E-state index in [1.165, 1.54) is 19.3 Å². The van der Waals surface area contributed by atoms with Crippen molar-refractivity contribution in [3.63, 3.8) is 0 Å². The summed E-state index contributed by atoms with van der Waals surface area (Å²) in [5, 5.41) is 3.34. The third kappa shape index (κ3) is 2.82.